The van der Waals surface area contributed by atoms with Crippen molar-refractivity contribution in [2.45, 2.75) is 33.2 Å². The van der Waals surface area contributed by atoms with Crippen LogP contribution >= 0.6 is 0 Å². The van der Waals surface area contributed by atoms with Crippen molar-refractivity contribution in [3.63, 3.8) is 0 Å². The van der Waals surface area contributed by atoms with Gasteiger partial charge in [-0.15, -0.1) is 0 Å². The molecule has 0 aromatic heterocycles. The summed E-state index contributed by atoms with van der Waals surface area (Å²) in [4.78, 5) is 23.9. The molecule has 0 bridgehead atoms. The van der Waals surface area contributed by atoms with Gasteiger partial charge >= 0.3 is 5.97 Å². The first-order valence-corrected chi connectivity index (χ1v) is 4.95. The van der Waals surface area contributed by atoms with E-state index in [0.29, 0.717) is 13.0 Å². The summed E-state index contributed by atoms with van der Waals surface area (Å²) in [5.41, 5.74) is 0. The maximum atomic E-state index is 11.3. The van der Waals surface area contributed by atoms with Crippen molar-refractivity contribution in [3.8, 4) is 0 Å². The second kappa shape index (κ2) is 3.98. The van der Waals surface area contributed by atoms with E-state index in [-0.39, 0.29) is 23.8 Å². The van der Waals surface area contributed by atoms with Gasteiger partial charge in [-0.05, 0) is 12.3 Å². The normalized spacial score (nSPS) is 27.0. The number of hydrogen-bond donors (Lipinski definition) is 1. The zero-order chi connectivity index (χ0) is 10.9. The minimum absolute atomic E-state index is 0.0209. The van der Waals surface area contributed by atoms with E-state index in [1.807, 2.05) is 13.8 Å². The Hall–Kier alpha value is -1.06. The summed E-state index contributed by atoms with van der Waals surface area (Å²) in [5, 5.41) is 8.99. The van der Waals surface area contributed by atoms with Gasteiger partial charge in [0.15, 0.2) is 0 Å². The van der Waals surface area contributed by atoms with Gasteiger partial charge in [-0.1, -0.05) is 13.8 Å². The number of amides is 1. The van der Waals surface area contributed by atoms with Gasteiger partial charge in [0.05, 0.1) is 5.92 Å². The Labute approximate surface area is 83.9 Å². The van der Waals surface area contributed by atoms with E-state index in [9.17, 15) is 9.59 Å². The average Bonchev–Trinajstić information content (AvgIpc) is 2.46. The second-order valence-electron chi connectivity index (χ2n) is 4.18. The van der Waals surface area contributed by atoms with Crippen LogP contribution in [0.4, 0.5) is 0 Å². The standard InChI is InChI=1S/C10H17NO3/c1-6(2)9-8(10(13)14)4-5-11(9)7(3)12/h6,8-9H,4-5H2,1-3H3,(H,13,14)/t8-,9-/m1/s1. The second-order valence-corrected chi connectivity index (χ2v) is 4.18. The van der Waals surface area contributed by atoms with Crippen LogP contribution in [0.2, 0.25) is 0 Å². The molecule has 1 fully saturated rings. The van der Waals surface area contributed by atoms with Crippen molar-refractivity contribution in [2.24, 2.45) is 11.8 Å². The summed E-state index contributed by atoms with van der Waals surface area (Å²) in [6.07, 6.45) is 0.581. The Morgan fingerprint density at radius 1 is 1.43 bits per heavy atom. The predicted molar refractivity (Wildman–Crippen MR) is 51.8 cm³/mol. The molecule has 1 rings (SSSR count). The summed E-state index contributed by atoms with van der Waals surface area (Å²) in [7, 11) is 0. The molecule has 14 heavy (non-hydrogen) atoms. The summed E-state index contributed by atoms with van der Waals surface area (Å²) in [5.74, 6) is -0.999. The minimum atomic E-state index is -0.785. The van der Waals surface area contributed by atoms with Gasteiger partial charge in [-0.25, -0.2) is 0 Å². The monoisotopic (exact) mass is 199 g/mol. The molecule has 1 amide bonds. The lowest BCUT2D eigenvalue weighted by Crippen LogP contribution is -2.42. The van der Waals surface area contributed by atoms with E-state index in [2.05, 4.69) is 0 Å². The highest BCUT2D eigenvalue weighted by atomic mass is 16.4. The molecule has 1 aliphatic rings. The average molecular weight is 199 g/mol. The Morgan fingerprint density at radius 2 is 2.00 bits per heavy atom. The lowest BCUT2D eigenvalue weighted by Gasteiger charge is -2.28. The first-order chi connectivity index (χ1) is 6.45. The van der Waals surface area contributed by atoms with Crippen LogP contribution in [0, 0.1) is 11.8 Å². The molecule has 4 nitrogen and oxygen atoms in total. The van der Waals surface area contributed by atoms with Crippen molar-refractivity contribution < 1.29 is 14.7 Å². The number of likely N-dealkylation sites (tertiary alicyclic amines) is 1. The molecule has 0 spiro atoms. The molecule has 1 heterocycles. The largest absolute Gasteiger partial charge is 0.481 e. The van der Waals surface area contributed by atoms with Crippen LogP contribution < -0.4 is 0 Å². The molecule has 4 heteroatoms. The van der Waals surface area contributed by atoms with Gasteiger partial charge in [0.25, 0.3) is 0 Å². The van der Waals surface area contributed by atoms with E-state index >= 15 is 0 Å². The minimum Gasteiger partial charge on any atom is -0.481 e. The Morgan fingerprint density at radius 3 is 2.36 bits per heavy atom. The smallest absolute Gasteiger partial charge is 0.308 e. The third-order valence-corrected chi connectivity index (χ3v) is 2.86. The maximum absolute atomic E-state index is 11.3. The molecule has 0 unspecified atom stereocenters. The summed E-state index contributed by atoms with van der Waals surface area (Å²) in [6, 6.07) is -0.134. The number of aliphatic carboxylic acids is 1. The van der Waals surface area contributed by atoms with Crippen molar-refractivity contribution in [3.05, 3.63) is 0 Å². The highest BCUT2D eigenvalue weighted by Crippen LogP contribution is 2.29. The number of hydrogen-bond acceptors (Lipinski definition) is 2. The predicted octanol–water partition coefficient (Wildman–Crippen LogP) is 0.964. The number of carbonyl (C=O) groups is 2. The molecule has 0 saturated carbocycles. The molecule has 0 aromatic rings. The van der Waals surface area contributed by atoms with Crippen LogP contribution in [0.25, 0.3) is 0 Å². The van der Waals surface area contributed by atoms with Crippen LogP contribution in [-0.2, 0) is 9.59 Å². The zero-order valence-corrected chi connectivity index (χ0v) is 8.86. The molecular formula is C10H17NO3. The molecule has 0 radical (unpaired) electrons. The molecule has 1 aliphatic heterocycles. The Bertz CT molecular complexity index is 228. The summed E-state index contributed by atoms with van der Waals surface area (Å²) < 4.78 is 0. The molecule has 0 aromatic carbocycles. The van der Waals surface area contributed by atoms with Crippen LogP contribution in [0.5, 0.6) is 0 Å². The van der Waals surface area contributed by atoms with E-state index in [1.54, 1.807) is 4.90 Å². The molecule has 0 aliphatic carbocycles. The first-order valence-electron chi connectivity index (χ1n) is 4.95. The van der Waals surface area contributed by atoms with Gasteiger partial charge in [0, 0.05) is 19.5 Å². The van der Waals surface area contributed by atoms with Gasteiger partial charge in [0.2, 0.25) is 5.91 Å². The number of nitrogens with zero attached hydrogens (tertiary/aromatic N) is 1. The van der Waals surface area contributed by atoms with Gasteiger partial charge < -0.3 is 10.0 Å². The van der Waals surface area contributed by atoms with Crippen molar-refractivity contribution in [1.29, 1.82) is 0 Å². The first kappa shape index (κ1) is 11.0. The Kier molecular flexibility index (Phi) is 3.13. The maximum Gasteiger partial charge on any atom is 0.308 e. The molecule has 1 N–H and O–H groups in total. The van der Waals surface area contributed by atoms with Crippen LogP contribution in [0.1, 0.15) is 27.2 Å². The molecule has 1 saturated heterocycles. The van der Waals surface area contributed by atoms with Gasteiger partial charge in [-0.2, -0.15) is 0 Å². The highest BCUT2D eigenvalue weighted by Gasteiger charge is 2.41. The number of carboxylic acids is 1. The van der Waals surface area contributed by atoms with Crippen LogP contribution in [0.15, 0.2) is 0 Å². The summed E-state index contributed by atoms with van der Waals surface area (Å²) >= 11 is 0. The van der Waals surface area contributed by atoms with E-state index in [4.69, 9.17) is 5.11 Å². The lowest BCUT2D eigenvalue weighted by atomic mass is 9.91. The third-order valence-electron chi connectivity index (χ3n) is 2.86. The Balaban J connectivity index is 2.85. The quantitative estimate of drug-likeness (QED) is 0.720. The van der Waals surface area contributed by atoms with E-state index < -0.39 is 5.97 Å². The van der Waals surface area contributed by atoms with E-state index in [0.717, 1.165) is 0 Å². The molecule has 80 valence electrons. The highest BCUT2D eigenvalue weighted by molar-refractivity contribution is 5.77. The fourth-order valence-corrected chi connectivity index (χ4v) is 2.28. The topological polar surface area (TPSA) is 57.6 Å². The third kappa shape index (κ3) is 1.89. The molecular weight excluding hydrogens is 182 g/mol. The fraction of sp³-hybridized carbons (Fsp3) is 0.800. The van der Waals surface area contributed by atoms with Crippen molar-refractivity contribution in [2.75, 3.05) is 6.54 Å². The van der Waals surface area contributed by atoms with Crippen LogP contribution in [0.3, 0.4) is 0 Å². The van der Waals surface area contributed by atoms with Crippen LogP contribution in [-0.4, -0.2) is 34.5 Å². The SMILES string of the molecule is CC(=O)N1CC[C@@H](C(=O)O)[C@H]1C(C)C. The summed E-state index contributed by atoms with van der Waals surface area (Å²) in [6.45, 7) is 6.00. The number of carbonyl (C=O) groups excluding carboxylic acids is 1. The molecule has 2 atom stereocenters. The van der Waals surface area contributed by atoms with Gasteiger partial charge in [-0.3, -0.25) is 9.59 Å². The van der Waals surface area contributed by atoms with Crippen molar-refractivity contribution >= 4 is 11.9 Å². The van der Waals surface area contributed by atoms with Crippen molar-refractivity contribution in [1.82, 2.24) is 4.90 Å². The number of rotatable bonds is 2. The fourth-order valence-electron chi connectivity index (χ4n) is 2.28. The van der Waals surface area contributed by atoms with E-state index in [1.165, 1.54) is 6.92 Å². The zero-order valence-electron chi connectivity index (χ0n) is 8.86. The van der Waals surface area contributed by atoms with Gasteiger partial charge in [0.1, 0.15) is 0 Å². The lowest BCUT2D eigenvalue weighted by molar-refractivity contribution is -0.143. The number of carboxylic acid groups (broad SMARTS) is 1.